The molecule has 0 aliphatic carbocycles. The molecule has 1 atom stereocenters. The van der Waals surface area contributed by atoms with Gasteiger partial charge in [0.15, 0.2) is 10.7 Å². The number of carbonyl (C=O) groups excluding carboxylic acids is 1. The first-order chi connectivity index (χ1) is 17.0. The van der Waals surface area contributed by atoms with E-state index < -0.39 is 15.4 Å². The maximum atomic E-state index is 13.5. The number of benzene rings is 1. The third-order valence-corrected chi connectivity index (χ3v) is 8.65. The number of amides is 1. The highest BCUT2D eigenvalue weighted by atomic mass is 32.2. The van der Waals surface area contributed by atoms with Crippen LogP contribution in [0.3, 0.4) is 0 Å². The van der Waals surface area contributed by atoms with Crippen molar-refractivity contribution >= 4 is 38.9 Å². The van der Waals surface area contributed by atoms with Crippen LogP contribution in [0.1, 0.15) is 44.9 Å². The molecule has 1 aliphatic heterocycles. The van der Waals surface area contributed by atoms with E-state index in [1.165, 1.54) is 0 Å². The Balaban J connectivity index is 1.43. The molecule has 0 spiro atoms. The van der Waals surface area contributed by atoms with Gasteiger partial charge in [0.05, 0.1) is 10.6 Å². The summed E-state index contributed by atoms with van der Waals surface area (Å²) in [5.41, 5.74) is 1.76. The highest BCUT2D eigenvalue weighted by Crippen LogP contribution is 2.26. The number of aromatic amines is 1. The summed E-state index contributed by atoms with van der Waals surface area (Å²) in [7, 11) is -3.85. The Bertz CT molecular complexity index is 1330. The van der Waals surface area contributed by atoms with E-state index in [9.17, 15) is 13.2 Å². The van der Waals surface area contributed by atoms with Crippen molar-refractivity contribution in [3.63, 3.8) is 0 Å². The second kappa shape index (κ2) is 10.8. The highest BCUT2D eigenvalue weighted by Gasteiger charge is 2.28. The van der Waals surface area contributed by atoms with Gasteiger partial charge in [0.2, 0.25) is 9.84 Å². The number of aromatic nitrogens is 3. The normalized spacial score (nSPS) is 16.9. The van der Waals surface area contributed by atoms with Gasteiger partial charge >= 0.3 is 6.09 Å². The summed E-state index contributed by atoms with van der Waals surface area (Å²) in [6.45, 7) is 9.04. The van der Waals surface area contributed by atoms with Crippen molar-refractivity contribution in [2.75, 3.05) is 19.0 Å². The van der Waals surface area contributed by atoms with E-state index in [-0.39, 0.29) is 27.8 Å². The third-order valence-electron chi connectivity index (χ3n) is 5.72. The average molecular weight is 532 g/mol. The van der Waals surface area contributed by atoms with Crippen LogP contribution in [0, 0.1) is 6.92 Å². The van der Waals surface area contributed by atoms with Crippen LogP contribution in [0.15, 0.2) is 46.5 Å². The maximum absolute atomic E-state index is 13.5. The Labute approximate surface area is 216 Å². The second-order valence-electron chi connectivity index (χ2n) is 9.94. The van der Waals surface area contributed by atoms with Gasteiger partial charge in [-0.2, -0.15) is 0 Å². The monoisotopic (exact) mass is 531 g/mol. The molecule has 3 aromatic rings. The number of carbonyl (C=O) groups is 1. The molecular formula is C25H33N5O4S2. The number of H-pyrrole nitrogens is 1. The van der Waals surface area contributed by atoms with Gasteiger partial charge in [-0.3, -0.25) is 0 Å². The van der Waals surface area contributed by atoms with Crippen molar-refractivity contribution in [1.29, 1.82) is 0 Å². The molecular weight excluding hydrogens is 498 g/mol. The van der Waals surface area contributed by atoms with Crippen molar-refractivity contribution in [2.45, 2.75) is 67.9 Å². The zero-order valence-electron chi connectivity index (χ0n) is 21.1. The molecule has 9 nitrogen and oxygen atoms in total. The highest BCUT2D eigenvalue weighted by molar-refractivity contribution is 7.99. The molecule has 1 aromatic carbocycles. The molecule has 11 heteroatoms. The largest absolute Gasteiger partial charge is 0.444 e. The quantitative estimate of drug-likeness (QED) is 0.343. The predicted octanol–water partition coefficient (Wildman–Crippen LogP) is 4.28. The van der Waals surface area contributed by atoms with Gasteiger partial charge in [-0.15, -0.1) is 11.8 Å². The predicted molar refractivity (Wildman–Crippen MR) is 141 cm³/mol. The Kier molecular flexibility index (Phi) is 7.91. The molecule has 0 unspecified atom stereocenters. The number of thioether (sulfide) groups is 1. The number of likely N-dealkylation sites (tertiary alicyclic amines) is 1. The molecule has 4 rings (SSSR count). The Hall–Kier alpha value is -2.63. The lowest BCUT2D eigenvalue weighted by atomic mass is 10.1. The molecule has 194 valence electrons. The van der Waals surface area contributed by atoms with E-state index in [4.69, 9.17) is 4.74 Å². The number of aryl methyl sites for hydroxylation is 1. The van der Waals surface area contributed by atoms with E-state index >= 15 is 0 Å². The third kappa shape index (κ3) is 6.37. The summed E-state index contributed by atoms with van der Waals surface area (Å²) in [5, 5.41) is 3.54. The fraction of sp³-hybridized carbons (Fsp3) is 0.480. The summed E-state index contributed by atoms with van der Waals surface area (Å²) >= 11 is 1.71. The number of piperidine rings is 1. The summed E-state index contributed by atoms with van der Waals surface area (Å²) in [5.74, 6) is 0.587. The summed E-state index contributed by atoms with van der Waals surface area (Å²) in [6.07, 6.45) is 3.35. The van der Waals surface area contributed by atoms with E-state index in [2.05, 4.69) is 20.3 Å². The van der Waals surface area contributed by atoms with Crippen molar-refractivity contribution in [1.82, 2.24) is 25.2 Å². The first-order valence-electron chi connectivity index (χ1n) is 12.0. The molecule has 1 saturated heterocycles. The van der Waals surface area contributed by atoms with Crippen molar-refractivity contribution in [3.05, 3.63) is 47.8 Å². The van der Waals surface area contributed by atoms with Gasteiger partial charge in [0, 0.05) is 37.0 Å². The molecule has 2 N–H and O–H groups in total. The van der Waals surface area contributed by atoms with Crippen LogP contribution in [-0.2, 0) is 21.1 Å². The van der Waals surface area contributed by atoms with E-state index in [1.807, 2.05) is 33.8 Å². The molecule has 36 heavy (non-hydrogen) atoms. The standard InChI is InChI=1S/C25H33N5O4S2/c1-17-7-5-9-19(13-17)36(32,33)23-21(28-20-10-11-27-22(20)29-23)14-26-16-35-18-8-6-12-30(15-18)24(31)34-25(2,3)4/h5,7,9-11,13,18,26H,6,8,12,14-16H2,1-4H3,(H,27,29)/t18-/m1/s1. The summed E-state index contributed by atoms with van der Waals surface area (Å²) in [4.78, 5) is 26.4. The van der Waals surface area contributed by atoms with Crippen LogP contribution in [0.2, 0.25) is 0 Å². The molecule has 2 aromatic heterocycles. The molecule has 0 saturated carbocycles. The van der Waals surface area contributed by atoms with Gasteiger partial charge in [0.1, 0.15) is 11.1 Å². The minimum absolute atomic E-state index is 0.0469. The molecule has 0 radical (unpaired) electrons. The number of fused-ring (bicyclic) bond motifs is 1. The second-order valence-corrected chi connectivity index (χ2v) is 13.1. The van der Waals surface area contributed by atoms with Crippen LogP contribution in [-0.4, -0.2) is 64.2 Å². The van der Waals surface area contributed by atoms with Crippen LogP contribution in [0.4, 0.5) is 4.79 Å². The zero-order valence-corrected chi connectivity index (χ0v) is 22.7. The molecule has 1 fully saturated rings. The van der Waals surface area contributed by atoms with Gasteiger partial charge in [-0.1, -0.05) is 12.1 Å². The van der Waals surface area contributed by atoms with Crippen LogP contribution in [0.5, 0.6) is 0 Å². The van der Waals surface area contributed by atoms with Gasteiger partial charge < -0.3 is 19.9 Å². The first-order valence-corrected chi connectivity index (χ1v) is 14.5. The van der Waals surface area contributed by atoms with Crippen LogP contribution < -0.4 is 5.32 Å². The zero-order chi connectivity index (χ0) is 25.9. The number of nitrogens with zero attached hydrogens (tertiary/aromatic N) is 3. The number of hydrogen-bond acceptors (Lipinski definition) is 8. The van der Waals surface area contributed by atoms with Crippen molar-refractivity contribution in [3.8, 4) is 0 Å². The molecule has 3 heterocycles. The van der Waals surface area contributed by atoms with E-state index in [0.717, 1.165) is 18.4 Å². The Morgan fingerprint density at radius 1 is 1.28 bits per heavy atom. The minimum Gasteiger partial charge on any atom is -0.444 e. The molecule has 1 aliphatic rings. The van der Waals surface area contributed by atoms with Gasteiger partial charge in [-0.05, 0) is 64.3 Å². The minimum atomic E-state index is -3.85. The summed E-state index contributed by atoms with van der Waals surface area (Å²) < 4.78 is 32.4. The lowest BCUT2D eigenvalue weighted by molar-refractivity contribution is 0.0220. The summed E-state index contributed by atoms with van der Waals surface area (Å²) in [6, 6.07) is 8.57. The van der Waals surface area contributed by atoms with E-state index in [1.54, 1.807) is 47.1 Å². The van der Waals surface area contributed by atoms with Crippen molar-refractivity contribution < 1.29 is 17.9 Å². The number of ether oxygens (including phenoxy) is 1. The first kappa shape index (κ1) is 26.4. The molecule has 1 amide bonds. The fourth-order valence-electron chi connectivity index (χ4n) is 4.03. The van der Waals surface area contributed by atoms with Crippen LogP contribution >= 0.6 is 11.8 Å². The lowest BCUT2D eigenvalue weighted by Gasteiger charge is -2.33. The van der Waals surface area contributed by atoms with E-state index in [0.29, 0.717) is 35.8 Å². The number of nitrogens with one attached hydrogen (secondary N) is 2. The number of hydrogen-bond donors (Lipinski definition) is 2. The number of sulfone groups is 1. The Morgan fingerprint density at radius 3 is 2.83 bits per heavy atom. The lowest BCUT2D eigenvalue weighted by Crippen LogP contribution is -2.44. The number of rotatable bonds is 7. The van der Waals surface area contributed by atoms with Gasteiger partial charge in [0.25, 0.3) is 0 Å². The van der Waals surface area contributed by atoms with Gasteiger partial charge in [-0.25, -0.2) is 23.2 Å². The topological polar surface area (TPSA) is 117 Å². The Morgan fingerprint density at radius 2 is 2.08 bits per heavy atom. The maximum Gasteiger partial charge on any atom is 0.410 e. The smallest absolute Gasteiger partial charge is 0.410 e. The molecule has 0 bridgehead atoms. The SMILES string of the molecule is Cc1cccc(S(=O)(=O)c2nc3[nH]ccc3nc2CNCS[C@@H]2CCCN(C(=O)OC(C)(C)C)C2)c1. The van der Waals surface area contributed by atoms with Crippen LogP contribution in [0.25, 0.3) is 11.2 Å². The average Bonchev–Trinajstić information content (AvgIpc) is 3.28. The fourth-order valence-corrected chi connectivity index (χ4v) is 6.56. The van der Waals surface area contributed by atoms with Crippen molar-refractivity contribution in [2.24, 2.45) is 0 Å².